The van der Waals surface area contributed by atoms with Crippen molar-refractivity contribution in [3.63, 3.8) is 0 Å². The lowest BCUT2D eigenvalue weighted by Crippen LogP contribution is -1.98. The SMILES string of the molecule is CCCCCCCCC=CCCCCCCCCCC(=O)OC=CCCCCCCCCCCCCCCCCCCCCCC. The number of rotatable bonds is 39. The number of carbonyl (C=O) groups is 1. The molecular weight excluding hydrogens is 560 g/mol. The molecule has 2 nitrogen and oxygen atoms in total. The maximum Gasteiger partial charge on any atom is 0.310 e. The second-order valence-electron chi connectivity index (χ2n) is 14.4. The van der Waals surface area contributed by atoms with Gasteiger partial charge in [-0.15, -0.1) is 0 Å². The standard InChI is InChI=1S/C44H84O2/c1-3-5-7-9-11-13-15-17-19-21-22-23-24-25-27-29-31-33-35-37-39-41-43-46-44(45)42-40-38-36-34-32-30-28-26-20-18-16-14-12-10-8-6-4-2/h18,20,41,43H,3-17,19,21-40,42H2,1-2H3. The average molecular weight is 645 g/mol. The van der Waals surface area contributed by atoms with Crippen LogP contribution in [0.1, 0.15) is 251 Å². The van der Waals surface area contributed by atoms with E-state index in [2.05, 4.69) is 26.0 Å². The van der Waals surface area contributed by atoms with Crippen molar-refractivity contribution in [1.82, 2.24) is 0 Å². The molecule has 0 aromatic heterocycles. The van der Waals surface area contributed by atoms with E-state index in [-0.39, 0.29) is 5.97 Å². The van der Waals surface area contributed by atoms with E-state index in [4.69, 9.17) is 4.74 Å². The van der Waals surface area contributed by atoms with Crippen LogP contribution in [0, 0.1) is 0 Å². The Morgan fingerprint density at radius 2 is 0.609 bits per heavy atom. The number of hydrogen-bond acceptors (Lipinski definition) is 2. The third-order valence-corrected chi connectivity index (χ3v) is 9.66. The molecule has 0 radical (unpaired) electrons. The zero-order valence-corrected chi connectivity index (χ0v) is 31.8. The van der Waals surface area contributed by atoms with Crippen LogP contribution in [-0.2, 0) is 9.53 Å². The fraction of sp³-hybridized carbons (Fsp3) is 0.886. The van der Waals surface area contributed by atoms with Gasteiger partial charge in [-0.3, -0.25) is 4.79 Å². The molecule has 0 aliphatic rings. The van der Waals surface area contributed by atoms with E-state index < -0.39 is 0 Å². The molecule has 0 unspecified atom stereocenters. The highest BCUT2D eigenvalue weighted by atomic mass is 16.5. The highest BCUT2D eigenvalue weighted by molar-refractivity contribution is 5.69. The Morgan fingerprint density at radius 1 is 0.348 bits per heavy atom. The van der Waals surface area contributed by atoms with E-state index in [1.54, 1.807) is 6.26 Å². The molecule has 0 aliphatic carbocycles. The quantitative estimate of drug-likeness (QED) is 0.0288. The molecule has 0 aromatic carbocycles. The normalized spacial score (nSPS) is 11.8. The smallest absolute Gasteiger partial charge is 0.310 e. The number of unbranched alkanes of at least 4 members (excludes halogenated alkanes) is 33. The Kier molecular flexibility index (Phi) is 41.0. The van der Waals surface area contributed by atoms with E-state index in [9.17, 15) is 4.79 Å². The topological polar surface area (TPSA) is 26.3 Å². The molecule has 0 fully saturated rings. The zero-order valence-electron chi connectivity index (χ0n) is 31.8. The summed E-state index contributed by atoms with van der Waals surface area (Å²) in [5.74, 6) is -0.0625. The molecule has 0 spiro atoms. The maximum atomic E-state index is 11.9. The van der Waals surface area contributed by atoms with Crippen LogP contribution in [0.3, 0.4) is 0 Å². The number of carbonyl (C=O) groups excluding carboxylic acids is 1. The summed E-state index contributed by atoms with van der Waals surface area (Å²) in [6, 6.07) is 0. The second kappa shape index (κ2) is 42.0. The van der Waals surface area contributed by atoms with Crippen LogP contribution in [-0.4, -0.2) is 5.97 Å². The lowest BCUT2D eigenvalue weighted by Gasteiger charge is -2.04. The van der Waals surface area contributed by atoms with Crippen LogP contribution in [0.5, 0.6) is 0 Å². The Morgan fingerprint density at radius 3 is 0.935 bits per heavy atom. The predicted molar refractivity (Wildman–Crippen MR) is 207 cm³/mol. The molecule has 272 valence electrons. The van der Waals surface area contributed by atoms with Gasteiger partial charge < -0.3 is 4.74 Å². The Hall–Kier alpha value is -1.05. The summed E-state index contributed by atoms with van der Waals surface area (Å²) in [7, 11) is 0. The highest BCUT2D eigenvalue weighted by Crippen LogP contribution is 2.16. The number of ether oxygens (including phenoxy) is 1. The first-order chi connectivity index (χ1) is 22.8. The van der Waals surface area contributed by atoms with E-state index in [1.165, 1.54) is 212 Å². The maximum absolute atomic E-state index is 11.9. The lowest BCUT2D eigenvalue weighted by atomic mass is 10.0. The molecule has 0 rings (SSSR count). The van der Waals surface area contributed by atoms with Crippen molar-refractivity contribution in [2.45, 2.75) is 251 Å². The van der Waals surface area contributed by atoms with Gasteiger partial charge in [-0.05, 0) is 51.0 Å². The fourth-order valence-electron chi connectivity index (χ4n) is 6.46. The molecule has 0 N–H and O–H groups in total. The number of esters is 1. The van der Waals surface area contributed by atoms with Gasteiger partial charge in [0, 0.05) is 6.42 Å². The molecule has 0 aliphatic heterocycles. The largest absolute Gasteiger partial charge is 0.435 e. The summed E-state index contributed by atoms with van der Waals surface area (Å²) in [4.78, 5) is 11.9. The summed E-state index contributed by atoms with van der Waals surface area (Å²) >= 11 is 0. The van der Waals surface area contributed by atoms with Crippen LogP contribution in [0.2, 0.25) is 0 Å². The first kappa shape index (κ1) is 45.0. The van der Waals surface area contributed by atoms with Gasteiger partial charge in [0.25, 0.3) is 0 Å². The molecule has 0 bridgehead atoms. The second-order valence-corrected chi connectivity index (χ2v) is 14.4. The van der Waals surface area contributed by atoms with Gasteiger partial charge in [-0.2, -0.15) is 0 Å². The van der Waals surface area contributed by atoms with Gasteiger partial charge in [-0.25, -0.2) is 0 Å². The van der Waals surface area contributed by atoms with Crippen LogP contribution in [0.25, 0.3) is 0 Å². The molecule has 46 heavy (non-hydrogen) atoms. The summed E-state index contributed by atoms with van der Waals surface area (Å²) in [5.41, 5.74) is 0. The van der Waals surface area contributed by atoms with E-state index >= 15 is 0 Å². The van der Waals surface area contributed by atoms with Gasteiger partial charge in [0.05, 0.1) is 6.26 Å². The molecular formula is C44H84O2. The van der Waals surface area contributed by atoms with Crippen molar-refractivity contribution < 1.29 is 9.53 Å². The van der Waals surface area contributed by atoms with Crippen molar-refractivity contribution >= 4 is 5.97 Å². The summed E-state index contributed by atoms with van der Waals surface area (Å²) in [6.45, 7) is 4.58. The fourth-order valence-corrected chi connectivity index (χ4v) is 6.46. The average Bonchev–Trinajstić information content (AvgIpc) is 3.06. The molecule has 0 heterocycles. The number of allylic oxidation sites excluding steroid dienone is 3. The Bertz CT molecular complexity index is 621. The lowest BCUT2D eigenvalue weighted by molar-refractivity contribution is -0.138. The summed E-state index contributed by atoms with van der Waals surface area (Å²) < 4.78 is 5.29. The van der Waals surface area contributed by atoms with Crippen LogP contribution in [0.15, 0.2) is 24.5 Å². The monoisotopic (exact) mass is 645 g/mol. The molecule has 0 saturated heterocycles. The van der Waals surface area contributed by atoms with Gasteiger partial charge in [0.15, 0.2) is 0 Å². The van der Waals surface area contributed by atoms with Crippen LogP contribution >= 0.6 is 0 Å². The molecule has 0 amide bonds. The minimum Gasteiger partial charge on any atom is -0.435 e. The summed E-state index contributed by atoms with van der Waals surface area (Å²) in [6.07, 6.45) is 57.9. The van der Waals surface area contributed by atoms with Gasteiger partial charge in [-0.1, -0.05) is 212 Å². The third-order valence-electron chi connectivity index (χ3n) is 9.66. The highest BCUT2D eigenvalue weighted by Gasteiger charge is 2.01. The van der Waals surface area contributed by atoms with Crippen molar-refractivity contribution in [1.29, 1.82) is 0 Å². The molecule has 0 saturated carbocycles. The van der Waals surface area contributed by atoms with Crippen LogP contribution < -0.4 is 0 Å². The van der Waals surface area contributed by atoms with Crippen molar-refractivity contribution in [3.8, 4) is 0 Å². The number of hydrogen-bond donors (Lipinski definition) is 0. The zero-order chi connectivity index (χ0) is 33.3. The van der Waals surface area contributed by atoms with Gasteiger partial charge in [0.1, 0.15) is 0 Å². The van der Waals surface area contributed by atoms with Crippen molar-refractivity contribution in [3.05, 3.63) is 24.5 Å². The van der Waals surface area contributed by atoms with E-state index in [0.717, 1.165) is 19.3 Å². The van der Waals surface area contributed by atoms with Crippen LogP contribution in [0.4, 0.5) is 0 Å². The van der Waals surface area contributed by atoms with E-state index in [1.807, 2.05) is 6.08 Å². The Balaban J connectivity index is 3.23. The van der Waals surface area contributed by atoms with Gasteiger partial charge >= 0.3 is 5.97 Å². The molecule has 0 aromatic rings. The first-order valence-electron chi connectivity index (χ1n) is 21.3. The first-order valence-corrected chi connectivity index (χ1v) is 21.3. The van der Waals surface area contributed by atoms with E-state index in [0.29, 0.717) is 6.42 Å². The minimum atomic E-state index is -0.0625. The third kappa shape index (κ3) is 41.0. The minimum absolute atomic E-state index is 0.0625. The molecule has 0 atom stereocenters. The predicted octanol–water partition coefficient (Wildman–Crippen LogP) is 16.1. The Labute approximate surface area is 290 Å². The summed E-state index contributed by atoms with van der Waals surface area (Å²) in [5, 5.41) is 0. The van der Waals surface area contributed by atoms with Crippen molar-refractivity contribution in [2.75, 3.05) is 0 Å². The van der Waals surface area contributed by atoms with Gasteiger partial charge in [0.2, 0.25) is 0 Å². The van der Waals surface area contributed by atoms with Crippen molar-refractivity contribution in [2.24, 2.45) is 0 Å². The molecule has 2 heteroatoms.